The molecule has 3 heterocycles. The van der Waals surface area contributed by atoms with E-state index in [9.17, 15) is 0 Å². The third kappa shape index (κ3) is 1.14. The molecule has 1 saturated carbocycles. The maximum absolute atomic E-state index is 6.00. The fourth-order valence-electron chi connectivity index (χ4n) is 3.15. The summed E-state index contributed by atoms with van der Waals surface area (Å²) in [4.78, 5) is 2.60. The molecule has 0 bridgehead atoms. The second-order valence-electron chi connectivity index (χ2n) is 5.31. The lowest BCUT2D eigenvalue weighted by Gasteiger charge is -2.28. The largest absolute Gasteiger partial charge is 0.358 e. The molecule has 86 valence electrons. The van der Waals surface area contributed by atoms with E-state index in [1.807, 2.05) is 17.9 Å². The minimum Gasteiger partial charge on any atom is -0.358 e. The van der Waals surface area contributed by atoms with Gasteiger partial charge in [0, 0.05) is 32.4 Å². The predicted molar refractivity (Wildman–Crippen MR) is 59.0 cm³/mol. The summed E-state index contributed by atoms with van der Waals surface area (Å²) in [6.45, 7) is 2.31. The van der Waals surface area contributed by atoms with Gasteiger partial charge in [0.25, 0.3) is 0 Å². The molecule has 0 radical (unpaired) electrons. The first-order valence-corrected chi connectivity index (χ1v) is 6.20. The van der Waals surface area contributed by atoms with Gasteiger partial charge in [-0.3, -0.25) is 9.58 Å². The second kappa shape index (κ2) is 2.87. The maximum Gasteiger partial charge on any atom is 0.139 e. The summed E-state index contributed by atoms with van der Waals surface area (Å²) in [6, 6.07) is 2.97. The zero-order valence-electron chi connectivity index (χ0n) is 9.59. The average Bonchev–Trinajstić information content (AvgIpc) is 3.17. The van der Waals surface area contributed by atoms with Crippen molar-refractivity contribution in [3.05, 3.63) is 18.0 Å². The Kier molecular flexibility index (Phi) is 1.65. The van der Waals surface area contributed by atoms with Gasteiger partial charge < -0.3 is 4.74 Å². The standard InChI is InChI=1S/C12H17N3O/c1-14-10(4-6-13-14)12-5-7-15(9-2-3-9)8-11(12)16-12/h4,6,9,11H,2-3,5,7-8H2,1H3/t11-,12+/m0/s1. The first kappa shape index (κ1) is 9.19. The Balaban J connectivity index is 1.57. The third-order valence-corrected chi connectivity index (χ3v) is 4.30. The molecule has 1 aromatic rings. The molecular weight excluding hydrogens is 202 g/mol. The lowest BCUT2D eigenvalue weighted by atomic mass is 9.93. The third-order valence-electron chi connectivity index (χ3n) is 4.30. The van der Waals surface area contributed by atoms with Crippen LogP contribution in [0.3, 0.4) is 0 Å². The number of aryl methyl sites for hydroxylation is 1. The highest BCUT2D eigenvalue weighted by molar-refractivity contribution is 5.24. The smallest absolute Gasteiger partial charge is 0.139 e. The van der Waals surface area contributed by atoms with Gasteiger partial charge in [0.05, 0.1) is 5.69 Å². The summed E-state index contributed by atoms with van der Waals surface area (Å²) in [7, 11) is 2.01. The molecular formula is C12H17N3O. The molecule has 2 aliphatic heterocycles. The van der Waals surface area contributed by atoms with Crippen LogP contribution in [-0.4, -0.2) is 39.9 Å². The number of nitrogens with zero attached hydrogens (tertiary/aromatic N) is 3. The number of aromatic nitrogens is 2. The molecule has 1 aliphatic carbocycles. The van der Waals surface area contributed by atoms with Crippen LogP contribution in [0.15, 0.2) is 12.3 Å². The van der Waals surface area contributed by atoms with Crippen LogP contribution in [0.2, 0.25) is 0 Å². The van der Waals surface area contributed by atoms with Crippen LogP contribution in [-0.2, 0) is 17.4 Å². The monoisotopic (exact) mass is 219 g/mol. The summed E-state index contributed by atoms with van der Waals surface area (Å²) in [5.41, 5.74) is 1.27. The summed E-state index contributed by atoms with van der Waals surface area (Å²) < 4.78 is 7.96. The fourth-order valence-corrected chi connectivity index (χ4v) is 3.15. The fraction of sp³-hybridized carbons (Fsp3) is 0.750. The van der Waals surface area contributed by atoms with Crippen molar-refractivity contribution < 1.29 is 4.74 Å². The van der Waals surface area contributed by atoms with Gasteiger partial charge in [-0.15, -0.1) is 0 Å². The van der Waals surface area contributed by atoms with E-state index >= 15 is 0 Å². The lowest BCUT2D eigenvalue weighted by molar-refractivity contribution is 0.212. The van der Waals surface area contributed by atoms with Gasteiger partial charge in [-0.2, -0.15) is 5.10 Å². The topological polar surface area (TPSA) is 33.6 Å². The van der Waals surface area contributed by atoms with E-state index in [2.05, 4.69) is 16.1 Å². The molecule has 3 fully saturated rings. The molecule has 4 rings (SSSR count). The SMILES string of the molecule is Cn1nccc1[C@]12CCN(C3CC3)C[C@@H]1O2. The molecule has 4 heteroatoms. The Morgan fingerprint density at radius 3 is 3.00 bits per heavy atom. The molecule has 0 unspecified atom stereocenters. The van der Waals surface area contributed by atoms with E-state index in [4.69, 9.17) is 4.74 Å². The zero-order valence-corrected chi connectivity index (χ0v) is 9.59. The summed E-state index contributed by atoms with van der Waals surface area (Å²) in [6.07, 6.45) is 6.21. The van der Waals surface area contributed by atoms with Crippen LogP contribution >= 0.6 is 0 Å². The van der Waals surface area contributed by atoms with E-state index in [-0.39, 0.29) is 5.60 Å². The Morgan fingerprint density at radius 1 is 1.50 bits per heavy atom. The van der Waals surface area contributed by atoms with Crippen molar-refractivity contribution in [1.29, 1.82) is 0 Å². The zero-order chi connectivity index (χ0) is 10.8. The molecule has 0 N–H and O–H groups in total. The van der Waals surface area contributed by atoms with Crippen LogP contribution in [0, 0.1) is 0 Å². The van der Waals surface area contributed by atoms with Crippen molar-refractivity contribution in [3.8, 4) is 0 Å². The highest BCUT2D eigenvalue weighted by atomic mass is 16.6. The lowest BCUT2D eigenvalue weighted by Crippen LogP contribution is -2.40. The summed E-state index contributed by atoms with van der Waals surface area (Å²) in [5, 5.41) is 4.25. The maximum atomic E-state index is 6.00. The van der Waals surface area contributed by atoms with Crippen molar-refractivity contribution in [2.75, 3.05) is 13.1 Å². The number of fused-ring (bicyclic) bond motifs is 1. The van der Waals surface area contributed by atoms with Crippen molar-refractivity contribution in [3.63, 3.8) is 0 Å². The number of piperidine rings is 1. The first-order valence-electron chi connectivity index (χ1n) is 6.20. The summed E-state index contributed by atoms with van der Waals surface area (Å²) in [5.74, 6) is 0. The van der Waals surface area contributed by atoms with Crippen molar-refractivity contribution in [2.24, 2.45) is 7.05 Å². The molecule has 0 amide bonds. The number of epoxide rings is 1. The van der Waals surface area contributed by atoms with Gasteiger partial charge in [0.15, 0.2) is 0 Å². The molecule has 0 aromatic carbocycles. The van der Waals surface area contributed by atoms with Gasteiger partial charge in [-0.1, -0.05) is 0 Å². The minimum absolute atomic E-state index is 0.0106. The molecule has 16 heavy (non-hydrogen) atoms. The summed E-state index contributed by atoms with van der Waals surface area (Å²) >= 11 is 0. The number of hydrogen-bond acceptors (Lipinski definition) is 3. The van der Waals surface area contributed by atoms with E-state index in [0.717, 1.165) is 19.0 Å². The van der Waals surface area contributed by atoms with Crippen LogP contribution in [0.4, 0.5) is 0 Å². The van der Waals surface area contributed by atoms with E-state index in [1.165, 1.54) is 25.1 Å². The van der Waals surface area contributed by atoms with Crippen LogP contribution < -0.4 is 0 Å². The number of ether oxygens (including phenoxy) is 1. The highest BCUT2D eigenvalue weighted by Crippen LogP contribution is 2.52. The predicted octanol–water partition coefficient (Wildman–Crippen LogP) is 0.882. The Labute approximate surface area is 95.2 Å². The van der Waals surface area contributed by atoms with E-state index < -0.39 is 0 Å². The van der Waals surface area contributed by atoms with Gasteiger partial charge in [0.1, 0.15) is 11.7 Å². The Bertz CT molecular complexity index is 426. The van der Waals surface area contributed by atoms with Crippen LogP contribution in [0.25, 0.3) is 0 Å². The number of likely N-dealkylation sites (tertiary alicyclic amines) is 1. The quantitative estimate of drug-likeness (QED) is 0.692. The molecule has 1 aromatic heterocycles. The number of hydrogen-bond donors (Lipinski definition) is 0. The van der Waals surface area contributed by atoms with Gasteiger partial charge >= 0.3 is 0 Å². The van der Waals surface area contributed by atoms with Crippen molar-refractivity contribution >= 4 is 0 Å². The van der Waals surface area contributed by atoms with E-state index in [0.29, 0.717) is 6.10 Å². The second-order valence-corrected chi connectivity index (χ2v) is 5.31. The minimum atomic E-state index is 0.0106. The number of rotatable bonds is 2. The molecule has 2 saturated heterocycles. The highest BCUT2D eigenvalue weighted by Gasteiger charge is 2.62. The van der Waals surface area contributed by atoms with Gasteiger partial charge in [-0.05, 0) is 25.3 Å². The van der Waals surface area contributed by atoms with Crippen molar-refractivity contribution in [1.82, 2.24) is 14.7 Å². The normalized spacial score (nSPS) is 38.4. The molecule has 3 aliphatic rings. The van der Waals surface area contributed by atoms with E-state index in [1.54, 1.807) is 0 Å². The molecule has 0 spiro atoms. The van der Waals surface area contributed by atoms with Crippen molar-refractivity contribution in [2.45, 2.75) is 37.0 Å². The average molecular weight is 219 g/mol. The van der Waals surface area contributed by atoms with Crippen LogP contribution in [0.5, 0.6) is 0 Å². The van der Waals surface area contributed by atoms with Gasteiger partial charge in [-0.25, -0.2) is 0 Å². The Hall–Kier alpha value is -0.870. The Morgan fingerprint density at radius 2 is 2.38 bits per heavy atom. The van der Waals surface area contributed by atoms with Gasteiger partial charge in [0.2, 0.25) is 0 Å². The first-order chi connectivity index (χ1) is 7.79. The van der Waals surface area contributed by atoms with Crippen LogP contribution in [0.1, 0.15) is 25.0 Å². The molecule has 2 atom stereocenters. The molecule has 4 nitrogen and oxygen atoms in total.